The van der Waals surface area contributed by atoms with E-state index in [4.69, 9.17) is 0 Å². The molecule has 174 valence electrons. The molecule has 9 heteroatoms. The van der Waals surface area contributed by atoms with Crippen molar-refractivity contribution < 1.29 is 13.2 Å². The van der Waals surface area contributed by atoms with Crippen LogP contribution in [0.4, 0.5) is 5.69 Å². The standard InChI is InChI=1S/C25H25N5O3S/c1-17-8-9-18(2)22(16-17)34(32,33)28-20-12-10-19(11-13-20)25(31)29-15-5-6-21(29)24-27-26-23-7-3-4-14-30(23)24/h3-4,7-14,16,21,28H,5-6,15H2,1-2H3. The number of hydrogen-bond acceptors (Lipinski definition) is 5. The van der Waals surface area contributed by atoms with Crippen molar-refractivity contribution in [2.45, 2.75) is 37.6 Å². The van der Waals surface area contributed by atoms with E-state index >= 15 is 0 Å². The number of benzene rings is 2. The van der Waals surface area contributed by atoms with Crippen LogP contribution < -0.4 is 4.72 Å². The maximum Gasteiger partial charge on any atom is 0.262 e. The van der Waals surface area contributed by atoms with Crippen molar-refractivity contribution in [2.24, 2.45) is 0 Å². The number of aromatic nitrogens is 3. The number of nitrogens with one attached hydrogen (secondary N) is 1. The molecule has 1 fully saturated rings. The van der Waals surface area contributed by atoms with E-state index in [0.717, 1.165) is 29.9 Å². The average Bonchev–Trinajstić information content (AvgIpc) is 3.47. The third-order valence-electron chi connectivity index (χ3n) is 6.17. The number of carbonyl (C=O) groups is 1. The number of sulfonamides is 1. The molecule has 4 aromatic rings. The molecule has 1 atom stereocenters. The molecule has 1 saturated heterocycles. The van der Waals surface area contributed by atoms with Crippen molar-refractivity contribution in [1.29, 1.82) is 0 Å². The Morgan fingerprint density at radius 2 is 1.82 bits per heavy atom. The zero-order valence-corrected chi connectivity index (χ0v) is 19.8. The maximum atomic E-state index is 13.3. The van der Waals surface area contributed by atoms with Crippen LogP contribution in [0.1, 0.15) is 46.2 Å². The monoisotopic (exact) mass is 475 g/mol. The molecule has 3 heterocycles. The van der Waals surface area contributed by atoms with Crippen LogP contribution in [-0.4, -0.2) is 40.4 Å². The first-order valence-electron chi connectivity index (χ1n) is 11.1. The van der Waals surface area contributed by atoms with Crippen molar-refractivity contribution in [2.75, 3.05) is 11.3 Å². The minimum atomic E-state index is -3.74. The number of pyridine rings is 1. The minimum Gasteiger partial charge on any atom is -0.328 e. The summed E-state index contributed by atoms with van der Waals surface area (Å²) in [4.78, 5) is 15.4. The molecule has 2 aromatic carbocycles. The SMILES string of the molecule is Cc1ccc(C)c(S(=O)(=O)Nc2ccc(C(=O)N3CCCC3c3nnc4ccccn34)cc2)c1. The predicted molar refractivity (Wildman–Crippen MR) is 129 cm³/mol. The summed E-state index contributed by atoms with van der Waals surface area (Å²) in [5, 5.41) is 8.56. The quantitative estimate of drug-likeness (QED) is 0.468. The first kappa shape index (κ1) is 22.1. The molecule has 1 N–H and O–H groups in total. The fourth-order valence-electron chi connectivity index (χ4n) is 4.42. The topological polar surface area (TPSA) is 96.7 Å². The molecule has 0 bridgehead atoms. The number of amides is 1. The predicted octanol–water partition coefficient (Wildman–Crippen LogP) is 4.12. The van der Waals surface area contributed by atoms with Crippen molar-refractivity contribution in [3.63, 3.8) is 0 Å². The molecule has 1 unspecified atom stereocenters. The zero-order valence-electron chi connectivity index (χ0n) is 19.0. The first-order chi connectivity index (χ1) is 16.3. The molecule has 34 heavy (non-hydrogen) atoms. The maximum absolute atomic E-state index is 13.3. The second-order valence-electron chi connectivity index (χ2n) is 8.60. The summed E-state index contributed by atoms with van der Waals surface area (Å²) in [5.41, 5.74) is 3.19. The van der Waals surface area contributed by atoms with E-state index in [1.807, 2.05) is 46.7 Å². The molecule has 0 radical (unpaired) electrons. The van der Waals surface area contributed by atoms with Gasteiger partial charge in [-0.3, -0.25) is 13.9 Å². The van der Waals surface area contributed by atoms with E-state index in [1.165, 1.54) is 0 Å². The number of nitrogens with zero attached hydrogens (tertiary/aromatic N) is 4. The van der Waals surface area contributed by atoms with Gasteiger partial charge >= 0.3 is 0 Å². The lowest BCUT2D eigenvalue weighted by molar-refractivity contribution is 0.0729. The summed E-state index contributed by atoms with van der Waals surface area (Å²) in [5.74, 6) is 0.637. The number of rotatable bonds is 5. The summed E-state index contributed by atoms with van der Waals surface area (Å²) in [6.07, 6.45) is 3.60. The Balaban J connectivity index is 1.36. The lowest BCUT2D eigenvalue weighted by atomic mass is 10.1. The number of fused-ring (bicyclic) bond motifs is 1. The summed E-state index contributed by atoms with van der Waals surface area (Å²) in [6.45, 7) is 4.25. The van der Waals surface area contributed by atoms with Gasteiger partial charge in [-0.25, -0.2) is 8.42 Å². The van der Waals surface area contributed by atoms with Gasteiger partial charge in [-0.05, 0) is 80.3 Å². The average molecular weight is 476 g/mol. The van der Waals surface area contributed by atoms with Crippen molar-refractivity contribution in [3.8, 4) is 0 Å². The molecular formula is C25H25N5O3S. The van der Waals surface area contributed by atoms with Gasteiger partial charge in [-0.1, -0.05) is 18.2 Å². The summed E-state index contributed by atoms with van der Waals surface area (Å²) >= 11 is 0. The minimum absolute atomic E-state index is 0.112. The van der Waals surface area contributed by atoms with Crippen LogP contribution >= 0.6 is 0 Å². The van der Waals surface area contributed by atoms with Crippen molar-refractivity contribution in [3.05, 3.63) is 89.4 Å². The second kappa shape index (κ2) is 8.57. The van der Waals surface area contributed by atoms with Gasteiger partial charge in [0.15, 0.2) is 11.5 Å². The van der Waals surface area contributed by atoms with Gasteiger partial charge in [0.1, 0.15) is 0 Å². The summed E-state index contributed by atoms with van der Waals surface area (Å²) in [7, 11) is -3.74. The van der Waals surface area contributed by atoms with Gasteiger partial charge in [-0.15, -0.1) is 10.2 Å². The largest absolute Gasteiger partial charge is 0.328 e. The zero-order chi connectivity index (χ0) is 23.9. The normalized spacial score (nSPS) is 16.2. The third-order valence-corrected chi connectivity index (χ3v) is 7.69. The molecule has 8 nitrogen and oxygen atoms in total. The molecule has 1 aliphatic heterocycles. The van der Waals surface area contributed by atoms with E-state index < -0.39 is 10.0 Å². The molecule has 0 spiro atoms. The van der Waals surface area contributed by atoms with Gasteiger partial charge in [0, 0.05) is 24.0 Å². The van der Waals surface area contributed by atoms with Crippen molar-refractivity contribution in [1.82, 2.24) is 19.5 Å². The van der Waals surface area contributed by atoms with Crippen LogP contribution in [0.15, 0.2) is 71.8 Å². The number of anilines is 1. The van der Waals surface area contributed by atoms with Crippen LogP contribution in [0.2, 0.25) is 0 Å². The molecule has 1 aliphatic rings. The molecule has 5 rings (SSSR count). The summed E-state index contributed by atoms with van der Waals surface area (Å²) in [6, 6.07) is 17.4. The van der Waals surface area contributed by atoms with Gasteiger partial charge in [0.25, 0.3) is 15.9 Å². The number of likely N-dealkylation sites (tertiary alicyclic amines) is 1. The van der Waals surface area contributed by atoms with E-state index in [1.54, 1.807) is 43.3 Å². The van der Waals surface area contributed by atoms with Gasteiger partial charge < -0.3 is 4.90 Å². The van der Waals surface area contributed by atoms with E-state index in [-0.39, 0.29) is 16.8 Å². The molecule has 2 aromatic heterocycles. The first-order valence-corrected chi connectivity index (χ1v) is 12.6. The van der Waals surface area contributed by atoms with Gasteiger partial charge in [0.05, 0.1) is 10.9 Å². The smallest absolute Gasteiger partial charge is 0.262 e. The molecule has 0 aliphatic carbocycles. The highest BCUT2D eigenvalue weighted by molar-refractivity contribution is 7.92. The Bertz CT molecular complexity index is 1480. The Hall–Kier alpha value is -3.72. The van der Waals surface area contributed by atoms with E-state index in [9.17, 15) is 13.2 Å². The number of hydrogen-bond donors (Lipinski definition) is 1. The third kappa shape index (κ3) is 4.03. The Kier molecular flexibility index (Phi) is 5.57. The van der Waals surface area contributed by atoms with Crippen LogP contribution in [-0.2, 0) is 10.0 Å². The highest BCUT2D eigenvalue weighted by atomic mass is 32.2. The van der Waals surface area contributed by atoms with E-state index in [2.05, 4.69) is 14.9 Å². The molecular weight excluding hydrogens is 450 g/mol. The van der Waals surface area contributed by atoms with Crippen LogP contribution in [0.5, 0.6) is 0 Å². The Morgan fingerprint density at radius 3 is 2.62 bits per heavy atom. The fourth-order valence-corrected chi connectivity index (χ4v) is 5.81. The fraction of sp³-hybridized carbons (Fsp3) is 0.240. The lowest BCUT2D eigenvalue weighted by Crippen LogP contribution is -2.31. The molecule has 1 amide bonds. The Labute approximate surface area is 198 Å². The lowest BCUT2D eigenvalue weighted by Gasteiger charge is -2.23. The van der Waals surface area contributed by atoms with Gasteiger partial charge in [-0.2, -0.15) is 0 Å². The highest BCUT2D eigenvalue weighted by Crippen LogP contribution is 2.32. The highest BCUT2D eigenvalue weighted by Gasteiger charge is 2.33. The molecule has 0 saturated carbocycles. The van der Waals surface area contributed by atoms with Gasteiger partial charge in [0.2, 0.25) is 0 Å². The van der Waals surface area contributed by atoms with Crippen LogP contribution in [0.25, 0.3) is 5.65 Å². The van der Waals surface area contributed by atoms with Crippen molar-refractivity contribution >= 4 is 27.3 Å². The van der Waals surface area contributed by atoms with E-state index in [0.29, 0.717) is 23.4 Å². The second-order valence-corrected chi connectivity index (χ2v) is 10.2. The van der Waals surface area contributed by atoms with Crippen LogP contribution in [0.3, 0.4) is 0 Å². The number of aryl methyl sites for hydroxylation is 2. The van der Waals surface area contributed by atoms with Crippen LogP contribution in [0, 0.1) is 13.8 Å². The Morgan fingerprint density at radius 1 is 1.03 bits per heavy atom. The summed E-state index contributed by atoms with van der Waals surface area (Å²) < 4.78 is 30.3. The number of carbonyl (C=O) groups excluding carboxylic acids is 1.